The number of aromatic nitrogens is 2. The Morgan fingerprint density at radius 3 is 2.35 bits per heavy atom. The van der Waals surface area contributed by atoms with Gasteiger partial charge in [-0.1, -0.05) is 42.5 Å². The van der Waals surface area contributed by atoms with E-state index >= 15 is 0 Å². The second-order valence-corrected chi connectivity index (χ2v) is 6.20. The Kier molecular flexibility index (Phi) is 5.79. The number of hydrogen-bond acceptors (Lipinski definition) is 3. The molecule has 0 unspecified atom stereocenters. The Morgan fingerprint density at radius 1 is 1.15 bits per heavy atom. The molecule has 20 heavy (non-hydrogen) atoms. The molecular weight excluding hydrogens is 295 g/mol. The van der Waals surface area contributed by atoms with Gasteiger partial charge in [-0.05, 0) is 32.6 Å². The van der Waals surface area contributed by atoms with Gasteiger partial charge in [0, 0.05) is 17.9 Å². The van der Waals surface area contributed by atoms with E-state index in [1.807, 2.05) is 0 Å². The first-order valence-corrected chi connectivity index (χ1v) is 8.04. The van der Waals surface area contributed by atoms with Gasteiger partial charge >= 0.3 is 0 Å². The molecule has 0 radical (unpaired) electrons. The lowest BCUT2D eigenvalue weighted by Crippen LogP contribution is -2.17. The van der Waals surface area contributed by atoms with Gasteiger partial charge in [-0.25, -0.2) is 9.97 Å². The summed E-state index contributed by atoms with van der Waals surface area (Å²) in [5.74, 6) is 1.25. The molecule has 0 atom stereocenters. The fraction of sp³-hybridized carbons (Fsp3) is 0.667. The Bertz CT molecular complexity index is 462. The predicted octanol–water partition coefficient (Wildman–Crippen LogP) is 4.56. The largest absolute Gasteiger partial charge is 0.299 e. The smallest absolute Gasteiger partial charge is 0.137 e. The summed E-state index contributed by atoms with van der Waals surface area (Å²) < 4.78 is 0. The third kappa shape index (κ3) is 4.16. The van der Waals surface area contributed by atoms with Crippen LogP contribution in [0.15, 0.2) is 0 Å². The lowest BCUT2D eigenvalue weighted by Gasteiger charge is -2.20. The molecule has 1 fully saturated rings. The van der Waals surface area contributed by atoms with Crippen LogP contribution in [0.5, 0.6) is 0 Å². The summed E-state index contributed by atoms with van der Waals surface area (Å²) in [7, 11) is 0. The second kappa shape index (κ2) is 7.37. The van der Waals surface area contributed by atoms with Crippen molar-refractivity contribution < 1.29 is 4.79 Å². The highest BCUT2D eigenvalue weighted by Gasteiger charge is 2.20. The summed E-state index contributed by atoms with van der Waals surface area (Å²) >= 11 is 12.2. The van der Waals surface area contributed by atoms with E-state index in [-0.39, 0.29) is 5.92 Å². The van der Waals surface area contributed by atoms with Gasteiger partial charge in [0.1, 0.15) is 21.9 Å². The van der Waals surface area contributed by atoms with Crippen LogP contribution in [-0.4, -0.2) is 15.8 Å². The third-order valence-electron chi connectivity index (χ3n) is 3.93. The van der Waals surface area contributed by atoms with Gasteiger partial charge in [0.25, 0.3) is 0 Å². The molecule has 0 aliphatic heterocycles. The van der Waals surface area contributed by atoms with E-state index in [4.69, 9.17) is 23.2 Å². The molecular formula is C15H20Cl2N2O. The molecule has 0 bridgehead atoms. The van der Waals surface area contributed by atoms with Crippen LogP contribution in [0.4, 0.5) is 0 Å². The molecule has 1 saturated carbocycles. The number of carbonyl (C=O) groups excluding carboxylic acids is 1. The number of hydrogen-bond donors (Lipinski definition) is 0. The van der Waals surface area contributed by atoms with E-state index in [2.05, 4.69) is 9.97 Å². The molecule has 0 saturated heterocycles. The predicted molar refractivity (Wildman–Crippen MR) is 81.3 cm³/mol. The van der Waals surface area contributed by atoms with E-state index in [1.54, 1.807) is 6.92 Å². The lowest BCUT2D eigenvalue weighted by atomic mass is 9.84. The number of aryl methyl sites for hydroxylation is 1. The zero-order chi connectivity index (χ0) is 14.5. The average Bonchev–Trinajstić information content (AvgIpc) is 2.42. The fourth-order valence-electron chi connectivity index (χ4n) is 2.80. The molecule has 1 heterocycles. The molecule has 0 amide bonds. The highest BCUT2D eigenvalue weighted by molar-refractivity contribution is 6.34. The Labute approximate surface area is 130 Å². The highest BCUT2D eigenvalue weighted by atomic mass is 35.5. The molecule has 0 N–H and O–H groups in total. The van der Waals surface area contributed by atoms with Crippen LogP contribution in [0.25, 0.3) is 0 Å². The van der Waals surface area contributed by atoms with Crippen molar-refractivity contribution >= 4 is 29.0 Å². The highest BCUT2D eigenvalue weighted by Crippen LogP contribution is 2.27. The van der Waals surface area contributed by atoms with Gasteiger partial charge in [0.2, 0.25) is 0 Å². The standard InChI is InChI=1S/C15H20Cl2N2O/c1-10-18-14(16)12(15(17)19-10)8-5-9-13(20)11-6-3-2-4-7-11/h11H,2-9H2,1H3. The molecule has 2 rings (SSSR count). The van der Waals surface area contributed by atoms with Crippen molar-refractivity contribution in [3.8, 4) is 0 Å². The molecule has 110 valence electrons. The van der Waals surface area contributed by atoms with Gasteiger partial charge in [-0.3, -0.25) is 4.79 Å². The van der Waals surface area contributed by atoms with Crippen molar-refractivity contribution in [3.63, 3.8) is 0 Å². The van der Waals surface area contributed by atoms with E-state index in [0.29, 0.717) is 34.8 Å². The van der Waals surface area contributed by atoms with Gasteiger partial charge in [-0.15, -0.1) is 0 Å². The number of ketones is 1. The molecule has 1 aliphatic rings. The molecule has 1 aromatic heterocycles. The molecule has 0 spiro atoms. The first-order chi connectivity index (χ1) is 9.58. The normalized spacial score (nSPS) is 16.4. The number of halogens is 2. The van der Waals surface area contributed by atoms with E-state index in [9.17, 15) is 4.79 Å². The monoisotopic (exact) mass is 314 g/mol. The lowest BCUT2D eigenvalue weighted by molar-refractivity contribution is -0.123. The van der Waals surface area contributed by atoms with Gasteiger partial charge < -0.3 is 0 Å². The van der Waals surface area contributed by atoms with Crippen molar-refractivity contribution in [2.24, 2.45) is 5.92 Å². The summed E-state index contributed by atoms with van der Waals surface area (Å²) in [5.41, 5.74) is 0.760. The van der Waals surface area contributed by atoms with Crippen LogP contribution in [0.1, 0.15) is 56.3 Å². The number of Topliss-reactive ketones (excluding diaryl/α,β-unsaturated/α-hetero) is 1. The minimum Gasteiger partial charge on any atom is -0.299 e. The summed E-state index contributed by atoms with van der Waals surface area (Å²) in [4.78, 5) is 20.3. The van der Waals surface area contributed by atoms with E-state index in [1.165, 1.54) is 19.3 Å². The molecule has 1 aromatic rings. The minimum atomic E-state index is 0.281. The van der Waals surface area contributed by atoms with Crippen molar-refractivity contribution in [3.05, 3.63) is 21.7 Å². The van der Waals surface area contributed by atoms with Crippen LogP contribution < -0.4 is 0 Å². The van der Waals surface area contributed by atoms with Gasteiger partial charge in [0.15, 0.2) is 0 Å². The van der Waals surface area contributed by atoms with Crippen LogP contribution in [0, 0.1) is 12.8 Å². The number of rotatable bonds is 5. The zero-order valence-corrected chi connectivity index (χ0v) is 13.3. The average molecular weight is 315 g/mol. The van der Waals surface area contributed by atoms with E-state index < -0.39 is 0 Å². The van der Waals surface area contributed by atoms with Crippen molar-refractivity contribution in [2.45, 2.75) is 58.3 Å². The zero-order valence-electron chi connectivity index (χ0n) is 11.8. The van der Waals surface area contributed by atoms with Gasteiger partial charge in [-0.2, -0.15) is 0 Å². The Morgan fingerprint density at radius 2 is 1.75 bits per heavy atom. The van der Waals surface area contributed by atoms with Crippen LogP contribution >= 0.6 is 23.2 Å². The molecule has 0 aromatic carbocycles. The Balaban J connectivity index is 1.85. The van der Waals surface area contributed by atoms with Gasteiger partial charge in [0.05, 0.1) is 0 Å². The SMILES string of the molecule is Cc1nc(Cl)c(CCCC(=O)C2CCCCC2)c(Cl)n1. The van der Waals surface area contributed by atoms with Crippen LogP contribution in [0.2, 0.25) is 10.3 Å². The summed E-state index contributed by atoms with van der Waals surface area (Å²) in [6.45, 7) is 1.76. The Hall–Kier alpha value is -0.670. The number of nitrogens with zero attached hydrogens (tertiary/aromatic N) is 2. The first-order valence-electron chi connectivity index (χ1n) is 7.29. The summed E-state index contributed by atoms with van der Waals surface area (Å²) in [6.07, 6.45) is 7.82. The van der Waals surface area contributed by atoms with Crippen LogP contribution in [0.3, 0.4) is 0 Å². The fourth-order valence-corrected chi connectivity index (χ4v) is 3.46. The molecule has 3 nitrogen and oxygen atoms in total. The molecule has 5 heteroatoms. The second-order valence-electron chi connectivity index (χ2n) is 5.49. The maximum Gasteiger partial charge on any atom is 0.137 e. The maximum absolute atomic E-state index is 12.1. The third-order valence-corrected chi connectivity index (χ3v) is 4.55. The maximum atomic E-state index is 12.1. The van der Waals surface area contributed by atoms with Crippen LogP contribution in [-0.2, 0) is 11.2 Å². The van der Waals surface area contributed by atoms with E-state index in [0.717, 1.165) is 24.8 Å². The van der Waals surface area contributed by atoms with Crippen molar-refractivity contribution in [2.75, 3.05) is 0 Å². The number of carbonyl (C=O) groups is 1. The quantitative estimate of drug-likeness (QED) is 0.748. The minimum absolute atomic E-state index is 0.281. The molecule has 1 aliphatic carbocycles. The topological polar surface area (TPSA) is 42.9 Å². The van der Waals surface area contributed by atoms with Crippen molar-refractivity contribution in [1.82, 2.24) is 9.97 Å². The summed E-state index contributed by atoms with van der Waals surface area (Å²) in [5, 5.41) is 0.820. The van der Waals surface area contributed by atoms with Crippen molar-refractivity contribution in [1.29, 1.82) is 0 Å². The first kappa shape index (κ1) is 15.7. The summed E-state index contributed by atoms with van der Waals surface area (Å²) in [6, 6.07) is 0.